The zero-order valence-corrected chi connectivity index (χ0v) is 20.0. The first-order valence-electron chi connectivity index (χ1n) is 12.2. The number of nitrogens with one attached hydrogen (secondary N) is 1. The lowest BCUT2D eigenvalue weighted by atomic mass is 10.1. The molecule has 9 nitrogen and oxygen atoms in total. The maximum absolute atomic E-state index is 12.9. The number of phenolic OH excluding ortho intramolecular Hbond substituents is 2. The van der Waals surface area contributed by atoms with Crippen LogP contribution in [-0.4, -0.2) is 77.6 Å². The molecule has 3 aromatic rings. The van der Waals surface area contributed by atoms with Gasteiger partial charge in [0.25, 0.3) is 0 Å². The van der Waals surface area contributed by atoms with Crippen molar-refractivity contribution in [1.82, 2.24) is 9.80 Å². The molecule has 0 bridgehead atoms. The Labute approximate surface area is 209 Å². The van der Waals surface area contributed by atoms with Crippen LogP contribution in [0.25, 0.3) is 11.1 Å². The van der Waals surface area contributed by atoms with E-state index >= 15 is 0 Å². The van der Waals surface area contributed by atoms with Gasteiger partial charge in [0.15, 0.2) is 11.5 Å². The summed E-state index contributed by atoms with van der Waals surface area (Å²) in [6, 6.07) is 14.5. The zero-order chi connectivity index (χ0) is 25.1. The zero-order valence-electron chi connectivity index (χ0n) is 20.0. The second-order valence-corrected chi connectivity index (χ2v) is 9.34. The van der Waals surface area contributed by atoms with Crippen LogP contribution >= 0.6 is 0 Å². The van der Waals surface area contributed by atoms with Crippen molar-refractivity contribution in [3.05, 3.63) is 61.1 Å². The first kappa shape index (κ1) is 23.7. The van der Waals surface area contributed by atoms with Crippen LogP contribution in [0.15, 0.2) is 65.5 Å². The molecule has 0 saturated carbocycles. The molecule has 0 unspecified atom stereocenters. The number of rotatable bonds is 6. The van der Waals surface area contributed by atoms with E-state index in [-0.39, 0.29) is 29.2 Å². The van der Waals surface area contributed by atoms with Gasteiger partial charge in [-0.15, -0.1) is 0 Å². The van der Waals surface area contributed by atoms with Crippen molar-refractivity contribution in [2.45, 2.75) is 6.42 Å². The SMILES string of the molecule is O=C(Nc1ccc(O)c(O)c1)[C@@H]1CCN(CC(=O)N2CCN(c3ccc(-c4ccoc4)cc3)CC2)C1. The Bertz CT molecular complexity index is 1200. The Morgan fingerprint density at radius 3 is 2.39 bits per heavy atom. The van der Waals surface area contributed by atoms with Gasteiger partial charge in [-0.3, -0.25) is 14.5 Å². The van der Waals surface area contributed by atoms with Gasteiger partial charge >= 0.3 is 0 Å². The van der Waals surface area contributed by atoms with E-state index in [1.54, 1.807) is 12.5 Å². The number of hydrogen-bond acceptors (Lipinski definition) is 7. The minimum atomic E-state index is -0.280. The third kappa shape index (κ3) is 5.31. The fourth-order valence-corrected chi connectivity index (χ4v) is 4.83. The number of anilines is 2. The summed E-state index contributed by atoms with van der Waals surface area (Å²) < 4.78 is 5.16. The largest absolute Gasteiger partial charge is 0.504 e. The number of carbonyl (C=O) groups is 2. The number of amides is 2. The molecule has 2 aliphatic heterocycles. The van der Waals surface area contributed by atoms with Crippen LogP contribution in [0.5, 0.6) is 11.5 Å². The van der Waals surface area contributed by atoms with Gasteiger partial charge in [-0.1, -0.05) is 12.1 Å². The number of piperazine rings is 1. The molecular weight excluding hydrogens is 460 g/mol. The van der Waals surface area contributed by atoms with E-state index in [1.807, 2.05) is 15.9 Å². The van der Waals surface area contributed by atoms with Gasteiger partial charge in [-0.05, 0) is 48.9 Å². The number of benzene rings is 2. The van der Waals surface area contributed by atoms with Gasteiger partial charge < -0.3 is 29.7 Å². The predicted molar refractivity (Wildman–Crippen MR) is 136 cm³/mol. The molecule has 2 saturated heterocycles. The minimum Gasteiger partial charge on any atom is -0.504 e. The molecule has 36 heavy (non-hydrogen) atoms. The Hall–Kier alpha value is -3.98. The normalized spacial score (nSPS) is 18.4. The van der Waals surface area contributed by atoms with Crippen LogP contribution < -0.4 is 10.2 Å². The van der Waals surface area contributed by atoms with Crippen LogP contribution in [0.4, 0.5) is 11.4 Å². The topological polar surface area (TPSA) is 109 Å². The lowest BCUT2D eigenvalue weighted by Gasteiger charge is -2.36. The van der Waals surface area contributed by atoms with Gasteiger partial charge in [0, 0.05) is 55.7 Å². The number of nitrogens with zero attached hydrogens (tertiary/aromatic N) is 3. The maximum Gasteiger partial charge on any atom is 0.236 e. The van der Waals surface area contributed by atoms with E-state index < -0.39 is 0 Å². The quantitative estimate of drug-likeness (QED) is 0.360. The first-order chi connectivity index (χ1) is 17.5. The van der Waals surface area contributed by atoms with E-state index in [0.29, 0.717) is 44.8 Å². The number of hydrogen-bond donors (Lipinski definition) is 3. The summed E-state index contributed by atoms with van der Waals surface area (Å²) in [5, 5.41) is 21.8. The maximum atomic E-state index is 12.9. The average Bonchev–Trinajstić information content (AvgIpc) is 3.59. The standard InChI is InChI=1S/C27H30N4O5/c32-24-6-3-22(15-25(24)33)28-27(35)20-7-9-29(16-20)17-26(34)31-12-10-30(11-13-31)23-4-1-19(2-5-23)21-8-14-36-18-21/h1-6,8,14-15,18,20,32-33H,7,9-13,16-17H2,(H,28,35)/t20-/m1/s1. The average molecular weight is 491 g/mol. The van der Waals surface area contributed by atoms with Crippen LogP contribution in [0.3, 0.4) is 0 Å². The molecule has 2 aromatic carbocycles. The molecular formula is C27H30N4O5. The predicted octanol–water partition coefficient (Wildman–Crippen LogP) is 2.97. The minimum absolute atomic E-state index is 0.0921. The molecule has 0 radical (unpaired) electrons. The van der Waals surface area contributed by atoms with Crippen molar-refractivity contribution in [3.63, 3.8) is 0 Å². The van der Waals surface area contributed by atoms with Gasteiger partial charge in [0.2, 0.25) is 11.8 Å². The Kier molecular flexibility index (Phi) is 6.81. The highest BCUT2D eigenvalue weighted by molar-refractivity contribution is 5.93. The van der Waals surface area contributed by atoms with Gasteiger partial charge in [0.1, 0.15) is 0 Å². The van der Waals surface area contributed by atoms with Crippen LogP contribution in [-0.2, 0) is 9.59 Å². The van der Waals surface area contributed by atoms with Crippen molar-refractivity contribution in [3.8, 4) is 22.6 Å². The lowest BCUT2D eigenvalue weighted by molar-refractivity contribution is -0.132. The number of aromatic hydroxyl groups is 2. The van der Waals surface area contributed by atoms with Gasteiger partial charge in [-0.25, -0.2) is 0 Å². The second-order valence-electron chi connectivity index (χ2n) is 9.34. The Morgan fingerprint density at radius 1 is 0.917 bits per heavy atom. The highest BCUT2D eigenvalue weighted by atomic mass is 16.3. The number of furan rings is 1. The van der Waals surface area contributed by atoms with E-state index in [0.717, 1.165) is 29.9 Å². The smallest absolute Gasteiger partial charge is 0.236 e. The fourth-order valence-electron chi connectivity index (χ4n) is 4.83. The summed E-state index contributed by atoms with van der Waals surface area (Å²) in [6.07, 6.45) is 4.07. The third-order valence-corrected chi connectivity index (χ3v) is 6.96. The molecule has 9 heteroatoms. The molecule has 3 heterocycles. The number of likely N-dealkylation sites (tertiary alicyclic amines) is 1. The molecule has 2 aliphatic rings. The summed E-state index contributed by atoms with van der Waals surface area (Å²) in [4.78, 5) is 31.8. The van der Waals surface area contributed by atoms with Gasteiger partial charge in [0.05, 0.1) is 25.0 Å². The highest BCUT2D eigenvalue weighted by Gasteiger charge is 2.31. The van der Waals surface area contributed by atoms with Gasteiger partial charge in [-0.2, -0.15) is 0 Å². The van der Waals surface area contributed by atoms with Crippen LogP contribution in [0.2, 0.25) is 0 Å². The monoisotopic (exact) mass is 490 g/mol. The van der Waals surface area contributed by atoms with E-state index in [9.17, 15) is 19.8 Å². The Balaban J connectivity index is 1.07. The molecule has 3 N–H and O–H groups in total. The number of carbonyl (C=O) groups excluding carboxylic acids is 2. The van der Waals surface area contributed by atoms with E-state index in [4.69, 9.17) is 4.42 Å². The molecule has 0 aliphatic carbocycles. The highest BCUT2D eigenvalue weighted by Crippen LogP contribution is 2.28. The fraction of sp³-hybridized carbons (Fsp3) is 0.333. The summed E-state index contributed by atoms with van der Waals surface area (Å²) in [5.74, 6) is -0.798. The summed E-state index contributed by atoms with van der Waals surface area (Å²) in [5.41, 5.74) is 3.74. The second kappa shape index (κ2) is 10.3. The number of phenols is 2. The van der Waals surface area contributed by atoms with E-state index in [2.05, 4.69) is 34.5 Å². The first-order valence-corrected chi connectivity index (χ1v) is 12.2. The van der Waals surface area contributed by atoms with Crippen molar-refractivity contribution in [2.24, 2.45) is 5.92 Å². The summed E-state index contributed by atoms with van der Waals surface area (Å²) in [7, 11) is 0. The molecule has 1 aromatic heterocycles. The van der Waals surface area contributed by atoms with Crippen molar-refractivity contribution in [1.29, 1.82) is 0 Å². The molecule has 188 valence electrons. The lowest BCUT2D eigenvalue weighted by Crippen LogP contribution is -2.51. The molecule has 2 fully saturated rings. The summed E-state index contributed by atoms with van der Waals surface area (Å²) >= 11 is 0. The van der Waals surface area contributed by atoms with Crippen LogP contribution in [0.1, 0.15) is 6.42 Å². The van der Waals surface area contributed by atoms with Crippen molar-refractivity contribution in [2.75, 3.05) is 56.0 Å². The molecule has 1 atom stereocenters. The third-order valence-electron chi connectivity index (χ3n) is 6.96. The van der Waals surface area contributed by atoms with E-state index in [1.165, 1.54) is 18.2 Å². The Morgan fingerprint density at radius 2 is 1.69 bits per heavy atom. The molecule has 2 amide bonds. The molecule has 0 spiro atoms. The summed E-state index contributed by atoms with van der Waals surface area (Å²) in [6.45, 7) is 4.42. The van der Waals surface area contributed by atoms with Crippen molar-refractivity contribution < 1.29 is 24.2 Å². The van der Waals surface area contributed by atoms with Crippen LogP contribution in [0, 0.1) is 5.92 Å². The molecule has 5 rings (SSSR count). The van der Waals surface area contributed by atoms with Crippen molar-refractivity contribution >= 4 is 23.2 Å².